The van der Waals surface area contributed by atoms with Crippen molar-refractivity contribution in [3.63, 3.8) is 0 Å². The van der Waals surface area contributed by atoms with Gasteiger partial charge in [0.05, 0.1) is 17.0 Å². The van der Waals surface area contributed by atoms with E-state index in [2.05, 4.69) is 20.1 Å². The van der Waals surface area contributed by atoms with Crippen molar-refractivity contribution in [2.45, 2.75) is 5.75 Å². The van der Waals surface area contributed by atoms with Crippen LogP contribution in [0.1, 0.15) is 5.69 Å². The molecule has 0 atom stereocenters. The number of hydrogen-bond acceptors (Lipinski definition) is 8. The molecule has 0 saturated carbocycles. The maximum atomic E-state index is 14.7. The summed E-state index contributed by atoms with van der Waals surface area (Å²) in [5.41, 5.74) is 5.04. The van der Waals surface area contributed by atoms with E-state index in [1.807, 2.05) is 0 Å². The van der Waals surface area contributed by atoms with E-state index in [9.17, 15) is 21.6 Å². The number of nitrogens with one attached hydrogen (secondary N) is 1. The first-order valence-electron chi connectivity index (χ1n) is 9.51. The van der Waals surface area contributed by atoms with Gasteiger partial charge in [0.15, 0.2) is 17.4 Å². The number of anilines is 2. The number of nitrogen functional groups attached to an aromatic ring is 1. The molecule has 1 aromatic carbocycles. The van der Waals surface area contributed by atoms with Gasteiger partial charge in [0.25, 0.3) is 0 Å². The fourth-order valence-electron chi connectivity index (χ4n) is 2.96. The Balaban J connectivity index is 1.64. The second-order valence-corrected chi connectivity index (χ2v) is 8.68. The molecule has 0 bridgehead atoms. The average Bonchev–Trinajstić information content (AvgIpc) is 3.19. The van der Waals surface area contributed by atoms with E-state index >= 15 is 0 Å². The minimum absolute atomic E-state index is 0.0436. The predicted molar refractivity (Wildman–Crippen MR) is 116 cm³/mol. The Morgan fingerprint density at radius 1 is 1.12 bits per heavy atom. The van der Waals surface area contributed by atoms with Gasteiger partial charge in [-0.05, 0) is 24.3 Å². The summed E-state index contributed by atoms with van der Waals surface area (Å²) in [4.78, 5) is 11.7. The van der Waals surface area contributed by atoms with Gasteiger partial charge in [0, 0.05) is 31.7 Å². The summed E-state index contributed by atoms with van der Waals surface area (Å²) in [6.07, 6.45) is 4.19. The topological polar surface area (TPSA) is 138 Å². The highest BCUT2D eigenvalue weighted by Crippen LogP contribution is 2.35. The van der Waals surface area contributed by atoms with Crippen LogP contribution in [0.5, 0.6) is 11.6 Å². The van der Waals surface area contributed by atoms with Crippen LogP contribution in [0, 0.1) is 17.5 Å². The lowest BCUT2D eigenvalue weighted by Gasteiger charge is -2.14. The Morgan fingerprint density at radius 3 is 2.62 bits per heavy atom. The predicted octanol–water partition coefficient (Wildman–Crippen LogP) is 3.01. The monoisotopic (exact) mass is 491 g/mol. The molecule has 3 N–H and O–H groups in total. The molecule has 0 unspecified atom stereocenters. The molecule has 0 aliphatic heterocycles. The quantitative estimate of drug-likeness (QED) is 0.376. The molecule has 0 saturated heterocycles. The molecule has 3 aromatic heterocycles. The number of pyridine rings is 1. The van der Waals surface area contributed by atoms with Gasteiger partial charge in [-0.3, -0.25) is 9.40 Å². The molecule has 34 heavy (non-hydrogen) atoms. The van der Waals surface area contributed by atoms with Crippen LogP contribution in [0.2, 0.25) is 0 Å². The van der Waals surface area contributed by atoms with Crippen molar-refractivity contribution >= 4 is 21.7 Å². The standard InChI is InChI=1S/C20H16F3N7O3S/c1-30-8-5-11(28-30)10-34(31,32)29-18-13(21)9-15(16(22)17(18)23)33-19-12(3-2-6-25-19)14-4-7-26-20(24)27-14/h2-9,29H,10H2,1H3,(H2,24,26,27). The number of aryl methyl sites for hydroxylation is 1. The van der Waals surface area contributed by atoms with Gasteiger partial charge in [-0.1, -0.05) is 0 Å². The number of rotatable bonds is 7. The van der Waals surface area contributed by atoms with Gasteiger partial charge in [-0.2, -0.15) is 9.49 Å². The smallest absolute Gasteiger partial charge is 0.238 e. The summed E-state index contributed by atoms with van der Waals surface area (Å²) in [6, 6.07) is 6.46. The molecule has 4 rings (SSSR count). The molecule has 10 nitrogen and oxygen atoms in total. The van der Waals surface area contributed by atoms with Crippen LogP contribution >= 0.6 is 0 Å². The van der Waals surface area contributed by atoms with E-state index in [-0.39, 0.29) is 28.8 Å². The minimum atomic E-state index is -4.31. The first-order valence-corrected chi connectivity index (χ1v) is 11.2. The number of ether oxygens (including phenoxy) is 1. The molecule has 0 radical (unpaired) electrons. The van der Waals surface area contributed by atoms with Crippen molar-refractivity contribution in [1.29, 1.82) is 0 Å². The molecule has 0 aliphatic carbocycles. The van der Waals surface area contributed by atoms with Crippen LogP contribution in [0.4, 0.5) is 24.8 Å². The molecule has 4 aromatic rings. The highest BCUT2D eigenvalue weighted by Gasteiger charge is 2.25. The van der Waals surface area contributed by atoms with E-state index < -0.39 is 44.7 Å². The largest absolute Gasteiger partial charge is 0.435 e. The molecule has 14 heteroatoms. The zero-order valence-corrected chi connectivity index (χ0v) is 18.2. The molecule has 176 valence electrons. The first kappa shape index (κ1) is 23.0. The van der Waals surface area contributed by atoms with Crippen molar-refractivity contribution in [1.82, 2.24) is 24.7 Å². The summed E-state index contributed by atoms with van der Waals surface area (Å²) < 4.78 is 77.1. The number of aromatic nitrogens is 5. The summed E-state index contributed by atoms with van der Waals surface area (Å²) in [5, 5.41) is 3.89. The lowest BCUT2D eigenvalue weighted by molar-refractivity contribution is 0.401. The lowest BCUT2D eigenvalue weighted by atomic mass is 10.2. The van der Waals surface area contributed by atoms with E-state index in [4.69, 9.17) is 10.5 Å². The second kappa shape index (κ2) is 8.97. The Morgan fingerprint density at radius 2 is 1.91 bits per heavy atom. The molecule has 3 heterocycles. The van der Waals surface area contributed by atoms with Crippen LogP contribution in [0.15, 0.2) is 48.9 Å². The number of sulfonamides is 1. The molecule has 0 amide bonds. The summed E-state index contributed by atoms with van der Waals surface area (Å²) >= 11 is 0. The first-order chi connectivity index (χ1) is 16.1. The lowest BCUT2D eigenvalue weighted by Crippen LogP contribution is -2.18. The third kappa shape index (κ3) is 4.91. The Bertz CT molecular complexity index is 1480. The fraction of sp³-hybridized carbons (Fsp3) is 0.100. The van der Waals surface area contributed by atoms with Crippen molar-refractivity contribution < 1.29 is 26.3 Å². The number of benzene rings is 1. The highest BCUT2D eigenvalue weighted by molar-refractivity contribution is 7.91. The average molecular weight is 491 g/mol. The third-order valence-electron chi connectivity index (χ3n) is 4.42. The van der Waals surface area contributed by atoms with Gasteiger partial charge < -0.3 is 10.5 Å². The van der Waals surface area contributed by atoms with Gasteiger partial charge >= 0.3 is 0 Å². The minimum Gasteiger partial charge on any atom is -0.435 e. The number of hydrogen-bond donors (Lipinski definition) is 2. The van der Waals surface area contributed by atoms with Crippen LogP contribution in [-0.2, 0) is 22.8 Å². The third-order valence-corrected chi connectivity index (χ3v) is 5.61. The summed E-state index contributed by atoms with van der Waals surface area (Å²) in [5.74, 6) is -6.61. The maximum absolute atomic E-state index is 14.7. The van der Waals surface area contributed by atoms with Gasteiger partial charge in [-0.15, -0.1) is 0 Å². The Hall–Kier alpha value is -4.20. The van der Waals surface area contributed by atoms with E-state index in [0.717, 1.165) is 0 Å². The SMILES string of the molecule is Cn1ccc(CS(=O)(=O)Nc2c(F)cc(Oc3ncccc3-c3ccnc(N)n3)c(F)c2F)n1. The zero-order valence-electron chi connectivity index (χ0n) is 17.4. The van der Waals surface area contributed by atoms with E-state index in [1.165, 1.54) is 47.5 Å². The Labute approximate surface area is 191 Å². The number of halogens is 3. The summed E-state index contributed by atoms with van der Waals surface area (Å²) in [7, 11) is -2.73. The molecule has 0 aliphatic rings. The van der Waals surface area contributed by atoms with Crippen molar-refractivity contribution in [2.24, 2.45) is 7.05 Å². The van der Waals surface area contributed by atoms with Crippen LogP contribution < -0.4 is 15.2 Å². The van der Waals surface area contributed by atoms with Crippen LogP contribution in [-0.4, -0.2) is 33.2 Å². The highest BCUT2D eigenvalue weighted by atomic mass is 32.2. The van der Waals surface area contributed by atoms with E-state index in [0.29, 0.717) is 6.07 Å². The van der Waals surface area contributed by atoms with Crippen molar-refractivity contribution in [3.8, 4) is 22.9 Å². The zero-order chi connectivity index (χ0) is 24.5. The number of nitrogens with two attached hydrogens (primary N) is 1. The normalized spacial score (nSPS) is 11.4. The van der Waals surface area contributed by atoms with Crippen molar-refractivity contribution in [2.75, 3.05) is 10.5 Å². The Kier molecular flexibility index (Phi) is 6.06. The van der Waals surface area contributed by atoms with E-state index in [1.54, 1.807) is 11.8 Å². The fourth-order valence-corrected chi connectivity index (χ4v) is 4.08. The second-order valence-electron chi connectivity index (χ2n) is 6.96. The van der Waals surface area contributed by atoms with Crippen molar-refractivity contribution in [3.05, 3.63) is 72.1 Å². The molecular formula is C20H16F3N7O3S. The van der Waals surface area contributed by atoms with Crippen LogP contribution in [0.25, 0.3) is 11.3 Å². The number of nitrogens with zero attached hydrogens (tertiary/aromatic N) is 5. The molecular weight excluding hydrogens is 475 g/mol. The van der Waals surface area contributed by atoms with Crippen LogP contribution in [0.3, 0.4) is 0 Å². The van der Waals surface area contributed by atoms with Gasteiger partial charge in [0.1, 0.15) is 11.4 Å². The molecule has 0 spiro atoms. The van der Waals surface area contributed by atoms with Gasteiger partial charge in [0.2, 0.25) is 27.7 Å². The summed E-state index contributed by atoms with van der Waals surface area (Å²) in [6.45, 7) is 0. The molecule has 0 fully saturated rings. The van der Waals surface area contributed by atoms with Gasteiger partial charge in [-0.25, -0.2) is 32.2 Å². The maximum Gasteiger partial charge on any atom is 0.238 e.